The fourth-order valence-electron chi connectivity index (χ4n) is 8.55. The van der Waals surface area contributed by atoms with Gasteiger partial charge in [-0.15, -0.1) is 0 Å². The van der Waals surface area contributed by atoms with Crippen molar-refractivity contribution in [3.05, 3.63) is 212 Å². The van der Waals surface area contributed by atoms with Crippen LogP contribution in [0.25, 0.3) is 87.6 Å². The fraction of sp³-hybridized carbons (Fsp3) is 0. The van der Waals surface area contributed by atoms with Crippen LogP contribution in [0.15, 0.2) is 217 Å². The van der Waals surface area contributed by atoms with Gasteiger partial charge in [0.05, 0.1) is 5.69 Å². The zero-order valence-corrected chi connectivity index (χ0v) is 30.6. The molecule has 2 nitrogen and oxygen atoms in total. The van der Waals surface area contributed by atoms with Crippen LogP contribution in [0.5, 0.6) is 0 Å². The van der Waals surface area contributed by atoms with Gasteiger partial charge in [0, 0.05) is 33.1 Å². The summed E-state index contributed by atoms with van der Waals surface area (Å²) in [7, 11) is 0. The molecule has 0 amide bonds. The van der Waals surface area contributed by atoms with Crippen LogP contribution in [-0.2, 0) is 0 Å². The number of anilines is 3. The van der Waals surface area contributed by atoms with E-state index in [1.54, 1.807) is 0 Å². The maximum atomic E-state index is 6.44. The van der Waals surface area contributed by atoms with Gasteiger partial charge in [-0.3, -0.25) is 0 Å². The van der Waals surface area contributed by atoms with Gasteiger partial charge in [-0.1, -0.05) is 164 Å². The summed E-state index contributed by atoms with van der Waals surface area (Å²) in [6.07, 6.45) is 0. The monoisotopic (exact) mass is 713 g/mol. The third-order valence-corrected chi connectivity index (χ3v) is 11.2. The lowest BCUT2D eigenvalue weighted by Gasteiger charge is -2.28. The lowest BCUT2D eigenvalue weighted by Crippen LogP contribution is -2.10. The standard InChI is InChI=1S/C54H35NO/c1-2-13-36(14-3-1)41-33-39-15-4-7-18-45(39)51(34-41)38-27-31-43(32-28-38)55(52-35-40-16-5-6-17-44(40)47-19-8-9-20-48(47)52)42-29-25-37(26-30-42)46-22-12-23-50-49-21-10-11-24-53(49)56-54(46)50/h1-35H. The summed E-state index contributed by atoms with van der Waals surface area (Å²) in [5.74, 6) is 0. The summed E-state index contributed by atoms with van der Waals surface area (Å²) in [6.45, 7) is 0. The molecule has 0 aliphatic carbocycles. The van der Waals surface area contributed by atoms with Crippen molar-refractivity contribution in [3.8, 4) is 33.4 Å². The number of hydrogen-bond acceptors (Lipinski definition) is 2. The van der Waals surface area contributed by atoms with Crippen molar-refractivity contribution in [1.29, 1.82) is 0 Å². The number of para-hydroxylation sites is 2. The second-order valence-electron chi connectivity index (χ2n) is 14.5. The highest BCUT2D eigenvalue weighted by Crippen LogP contribution is 2.44. The van der Waals surface area contributed by atoms with Crippen molar-refractivity contribution in [2.45, 2.75) is 0 Å². The van der Waals surface area contributed by atoms with Gasteiger partial charge in [-0.25, -0.2) is 0 Å². The van der Waals surface area contributed by atoms with Crippen molar-refractivity contribution in [3.63, 3.8) is 0 Å². The molecule has 262 valence electrons. The molecule has 11 rings (SSSR count). The molecule has 0 N–H and O–H groups in total. The highest BCUT2D eigenvalue weighted by molar-refractivity contribution is 6.15. The molecule has 0 radical (unpaired) electrons. The van der Waals surface area contributed by atoms with Crippen LogP contribution in [0.3, 0.4) is 0 Å². The second kappa shape index (κ2) is 13.2. The van der Waals surface area contributed by atoms with Gasteiger partial charge in [0.25, 0.3) is 0 Å². The molecule has 0 unspecified atom stereocenters. The zero-order valence-electron chi connectivity index (χ0n) is 30.6. The third-order valence-electron chi connectivity index (χ3n) is 11.2. The maximum absolute atomic E-state index is 6.44. The van der Waals surface area contributed by atoms with E-state index in [1.807, 2.05) is 12.1 Å². The Morgan fingerprint density at radius 2 is 0.857 bits per heavy atom. The van der Waals surface area contributed by atoms with Crippen molar-refractivity contribution >= 4 is 71.3 Å². The highest BCUT2D eigenvalue weighted by atomic mass is 16.3. The quantitative estimate of drug-likeness (QED) is 0.160. The normalized spacial score (nSPS) is 11.6. The Morgan fingerprint density at radius 3 is 1.59 bits per heavy atom. The number of hydrogen-bond donors (Lipinski definition) is 0. The van der Waals surface area contributed by atoms with Crippen LogP contribution in [0.1, 0.15) is 0 Å². The topological polar surface area (TPSA) is 16.4 Å². The predicted octanol–water partition coefficient (Wildman–Crippen LogP) is 15.5. The van der Waals surface area contributed by atoms with Gasteiger partial charge in [0.2, 0.25) is 0 Å². The van der Waals surface area contributed by atoms with Crippen molar-refractivity contribution in [1.82, 2.24) is 0 Å². The smallest absolute Gasteiger partial charge is 0.143 e. The Morgan fingerprint density at radius 1 is 0.304 bits per heavy atom. The SMILES string of the molecule is c1ccc(-c2cc(-c3ccc(N(c4ccc(-c5cccc6c5oc5ccccc56)cc4)c4cc5ccccc5c5ccccc45)cc3)c3ccccc3c2)cc1. The first-order valence-electron chi connectivity index (χ1n) is 19.2. The van der Waals surface area contributed by atoms with Crippen LogP contribution in [0.2, 0.25) is 0 Å². The zero-order chi connectivity index (χ0) is 37.0. The summed E-state index contributed by atoms with van der Waals surface area (Å²) >= 11 is 0. The molecule has 0 saturated heterocycles. The lowest BCUT2D eigenvalue weighted by atomic mass is 9.93. The molecule has 11 aromatic rings. The molecule has 1 aromatic heterocycles. The molecule has 0 aliphatic heterocycles. The number of benzene rings is 10. The van der Waals surface area contributed by atoms with Gasteiger partial charge in [-0.05, 0) is 103 Å². The Hall–Kier alpha value is -7.42. The Balaban J connectivity index is 1.07. The van der Waals surface area contributed by atoms with Crippen LogP contribution in [0.4, 0.5) is 17.1 Å². The first kappa shape index (κ1) is 32.0. The molecule has 0 spiro atoms. The minimum absolute atomic E-state index is 0.907. The van der Waals surface area contributed by atoms with Gasteiger partial charge >= 0.3 is 0 Å². The van der Waals surface area contributed by atoms with Crippen LogP contribution >= 0.6 is 0 Å². The number of nitrogens with zero attached hydrogens (tertiary/aromatic N) is 1. The third kappa shape index (κ3) is 5.34. The summed E-state index contributed by atoms with van der Waals surface area (Å²) in [4.78, 5) is 2.41. The van der Waals surface area contributed by atoms with Crippen molar-refractivity contribution in [2.75, 3.05) is 4.90 Å². The van der Waals surface area contributed by atoms with Gasteiger partial charge in [0.15, 0.2) is 0 Å². The van der Waals surface area contributed by atoms with E-state index in [0.29, 0.717) is 0 Å². The van der Waals surface area contributed by atoms with E-state index in [0.717, 1.165) is 50.1 Å². The molecule has 0 saturated carbocycles. The van der Waals surface area contributed by atoms with E-state index < -0.39 is 0 Å². The fourth-order valence-corrected chi connectivity index (χ4v) is 8.55. The van der Waals surface area contributed by atoms with Crippen LogP contribution in [-0.4, -0.2) is 0 Å². The van der Waals surface area contributed by atoms with Gasteiger partial charge < -0.3 is 9.32 Å². The average molecular weight is 714 g/mol. The Labute approximate surface area is 325 Å². The minimum Gasteiger partial charge on any atom is -0.455 e. The molecule has 10 aromatic carbocycles. The molecule has 0 fully saturated rings. The van der Waals surface area contributed by atoms with E-state index >= 15 is 0 Å². The molecular formula is C54H35NO. The van der Waals surface area contributed by atoms with Crippen molar-refractivity contribution in [2.24, 2.45) is 0 Å². The minimum atomic E-state index is 0.907. The highest BCUT2D eigenvalue weighted by Gasteiger charge is 2.19. The van der Waals surface area contributed by atoms with E-state index in [2.05, 4.69) is 205 Å². The van der Waals surface area contributed by atoms with E-state index in [4.69, 9.17) is 4.42 Å². The number of furan rings is 1. The summed E-state index contributed by atoms with van der Waals surface area (Å²) in [5, 5.41) is 9.64. The molecule has 0 bridgehead atoms. The first-order chi connectivity index (χ1) is 27.8. The second-order valence-corrected chi connectivity index (χ2v) is 14.5. The number of rotatable bonds is 6. The lowest BCUT2D eigenvalue weighted by molar-refractivity contribution is 0.670. The van der Waals surface area contributed by atoms with Gasteiger partial charge in [-0.2, -0.15) is 0 Å². The molecular weight excluding hydrogens is 679 g/mol. The van der Waals surface area contributed by atoms with Crippen LogP contribution < -0.4 is 4.90 Å². The van der Waals surface area contributed by atoms with Crippen molar-refractivity contribution < 1.29 is 4.42 Å². The van der Waals surface area contributed by atoms with E-state index in [9.17, 15) is 0 Å². The summed E-state index contributed by atoms with van der Waals surface area (Å²) < 4.78 is 6.44. The largest absolute Gasteiger partial charge is 0.455 e. The van der Waals surface area contributed by atoms with Gasteiger partial charge in [0.1, 0.15) is 11.2 Å². The maximum Gasteiger partial charge on any atom is 0.143 e. The molecule has 0 atom stereocenters. The molecule has 0 aliphatic rings. The average Bonchev–Trinajstić information content (AvgIpc) is 3.66. The summed E-state index contributed by atoms with van der Waals surface area (Å²) in [5.41, 5.74) is 12.2. The summed E-state index contributed by atoms with van der Waals surface area (Å²) in [6, 6.07) is 76.5. The Bertz CT molecular complexity index is 3230. The Kier molecular flexibility index (Phi) is 7.53. The van der Waals surface area contributed by atoms with Crippen LogP contribution in [0, 0.1) is 0 Å². The molecule has 56 heavy (non-hydrogen) atoms. The van der Waals surface area contributed by atoms with E-state index in [1.165, 1.54) is 54.6 Å². The number of fused-ring (bicyclic) bond motifs is 7. The molecule has 2 heteroatoms. The predicted molar refractivity (Wildman–Crippen MR) is 237 cm³/mol. The van der Waals surface area contributed by atoms with E-state index in [-0.39, 0.29) is 0 Å². The molecule has 1 heterocycles. The first-order valence-corrected chi connectivity index (χ1v) is 19.2.